The van der Waals surface area contributed by atoms with E-state index in [0.29, 0.717) is 0 Å². The van der Waals surface area contributed by atoms with Crippen LogP contribution in [0.5, 0.6) is 0 Å². The molecule has 12 heteroatoms. The van der Waals surface area contributed by atoms with Crippen molar-refractivity contribution in [1.82, 2.24) is 0 Å². The lowest BCUT2D eigenvalue weighted by molar-refractivity contribution is -0.421. The van der Waals surface area contributed by atoms with Crippen molar-refractivity contribution in [2.75, 3.05) is 6.61 Å². The van der Waals surface area contributed by atoms with E-state index in [-0.39, 0.29) is 0 Å². The first-order valence-corrected chi connectivity index (χ1v) is 3.86. The second kappa shape index (κ2) is 5.47. The van der Waals surface area contributed by atoms with Crippen LogP contribution >= 0.6 is 0 Å². The van der Waals surface area contributed by atoms with Crippen molar-refractivity contribution < 1.29 is 53.4 Å². The highest BCUT2D eigenvalue weighted by Crippen LogP contribution is 2.37. The summed E-state index contributed by atoms with van der Waals surface area (Å²) < 4.78 is 123. The zero-order valence-electron chi connectivity index (χ0n) is 7.96. The minimum absolute atomic E-state index is 2.23. The molecule has 18 heavy (non-hydrogen) atoms. The monoisotopic (exact) mass is 298 g/mol. The Hall–Kier alpha value is -0.780. The van der Waals surface area contributed by atoms with Gasteiger partial charge in [-0.1, -0.05) is 0 Å². The largest absolute Gasteiger partial charge is 0.483 e. The zero-order chi connectivity index (χ0) is 14.8. The van der Waals surface area contributed by atoms with Gasteiger partial charge >= 0.3 is 24.8 Å². The highest BCUT2D eigenvalue weighted by Gasteiger charge is 2.61. The number of hydrogen-bond acceptors (Lipinski definition) is 2. The smallest absolute Gasteiger partial charge is 0.310 e. The van der Waals surface area contributed by atoms with Gasteiger partial charge in [-0.25, -0.2) is 13.2 Å². The minimum Gasteiger partial charge on any atom is -0.310 e. The van der Waals surface area contributed by atoms with Crippen LogP contribution < -0.4 is 0 Å². The molecule has 0 aliphatic carbocycles. The summed E-state index contributed by atoms with van der Waals surface area (Å²) in [4.78, 5) is 0. The number of rotatable bonds is 6. The average Bonchev–Trinajstić information content (AvgIpc) is 2.12. The number of ether oxygens (including phenoxy) is 2. The van der Waals surface area contributed by atoms with Crippen molar-refractivity contribution in [3.63, 3.8) is 0 Å². The maximum absolute atomic E-state index is 12.3. The van der Waals surface area contributed by atoms with Crippen molar-refractivity contribution in [2.24, 2.45) is 0 Å². The van der Waals surface area contributed by atoms with E-state index < -0.39 is 37.8 Å². The van der Waals surface area contributed by atoms with Gasteiger partial charge in [0.05, 0.1) is 0 Å². The molecule has 0 rings (SSSR count). The molecule has 0 N–H and O–H groups in total. The first-order chi connectivity index (χ1) is 7.79. The van der Waals surface area contributed by atoms with Crippen LogP contribution in [-0.4, -0.2) is 37.8 Å². The summed E-state index contributed by atoms with van der Waals surface area (Å²) >= 11 is 0. The Morgan fingerprint density at radius 2 is 1.28 bits per heavy atom. The fourth-order valence-corrected chi connectivity index (χ4v) is 0.501. The van der Waals surface area contributed by atoms with E-state index in [9.17, 15) is 43.9 Å². The van der Waals surface area contributed by atoms with Gasteiger partial charge in [-0.05, 0) is 0 Å². The van der Waals surface area contributed by atoms with Crippen LogP contribution in [0.15, 0.2) is 0 Å². The van der Waals surface area contributed by atoms with Gasteiger partial charge in [0, 0.05) is 0 Å². The maximum atomic E-state index is 12.3. The third-order valence-corrected chi connectivity index (χ3v) is 1.27. The SMILES string of the molecule is FC(COC(F)(F)C(F)F)OC(F)(F)C(F)(F)F. The Bertz CT molecular complexity index is 262. The van der Waals surface area contributed by atoms with Crippen LogP contribution in [0, 0.1) is 0 Å². The second-order valence-corrected chi connectivity index (χ2v) is 2.72. The lowest BCUT2D eigenvalue weighted by Gasteiger charge is -2.22. The Morgan fingerprint density at radius 3 is 1.61 bits per heavy atom. The predicted molar refractivity (Wildman–Crippen MR) is 33.9 cm³/mol. The third-order valence-electron chi connectivity index (χ3n) is 1.27. The topological polar surface area (TPSA) is 18.5 Å². The van der Waals surface area contributed by atoms with Gasteiger partial charge in [0.2, 0.25) is 6.36 Å². The van der Waals surface area contributed by atoms with Gasteiger partial charge in [0.15, 0.2) is 0 Å². The molecule has 1 unspecified atom stereocenters. The molecule has 110 valence electrons. The van der Waals surface area contributed by atoms with Crippen molar-refractivity contribution in [2.45, 2.75) is 31.2 Å². The normalized spacial score (nSPS) is 16.2. The molecule has 0 bridgehead atoms. The van der Waals surface area contributed by atoms with Crippen molar-refractivity contribution in [1.29, 1.82) is 0 Å². The summed E-state index contributed by atoms with van der Waals surface area (Å²) in [6, 6.07) is 0. The maximum Gasteiger partial charge on any atom is 0.483 e. The quantitative estimate of drug-likeness (QED) is 0.700. The van der Waals surface area contributed by atoms with Gasteiger partial charge in [0.1, 0.15) is 6.61 Å². The molecule has 0 aromatic carbocycles. The molecule has 0 heterocycles. The molecule has 0 aromatic heterocycles. The van der Waals surface area contributed by atoms with Crippen molar-refractivity contribution in [3.05, 3.63) is 0 Å². The van der Waals surface area contributed by atoms with E-state index in [0.717, 1.165) is 0 Å². The fourth-order valence-electron chi connectivity index (χ4n) is 0.501. The van der Waals surface area contributed by atoms with Crippen LogP contribution in [-0.2, 0) is 9.47 Å². The standard InChI is InChI=1S/C6H4F10O2/c7-2(1-17-4(10,11)3(8)9)18-6(15,16)5(12,13)14/h2-3H,1H2. The molecular formula is C6H4F10O2. The highest BCUT2D eigenvalue weighted by molar-refractivity contribution is 4.65. The average molecular weight is 298 g/mol. The first kappa shape index (κ1) is 17.2. The molecule has 2 nitrogen and oxygen atoms in total. The molecular weight excluding hydrogens is 294 g/mol. The summed E-state index contributed by atoms with van der Waals surface area (Å²) in [7, 11) is 0. The Labute approximate surface area is 92.4 Å². The van der Waals surface area contributed by atoms with Crippen LogP contribution in [0.1, 0.15) is 0 Å². The zero-order valence-corrected chi connectivity index (χ0v) is 7.96. The molecule has 0 aliphatic heterocycles. The summed E-state index contributed by atoms with van der Waals surface area (Å²) in [5, 5.41) is 0. The van der Waals surface area contributed by atoms with E-state index in [1.807, 2.05) is 0 Å². The first-order valence-electron chi connectivity index (χ1n) is 3.86. The molecule has 0 radical (unpaired) electrons. The lowest BCUT2D eigenvalue weighted by atomic mass is 10.6. The van der Waals surface area contributed by atoms with E-state index in [1.54, 1.807) is 0 Å². The van der Waals surface area contributed by atoms with Crippen molar-refractivity contribution >= 4 is 0 Å². The Kier molecular flexibility index (Phi) is 5.23. The molecule has 0 saturated carbocycles. The van der Waals surface area contributed by atoms with E-state index in [2.05, 4.69) is 9.47 Å². The third kappa shape index (κ3) is 4.84. The van der Waals surface area contributed by atoms with Gasteiger partial charge < -0.3 is 4.74 Å². The number of halogens is 10. The molecule has 1 atom stereocenters. The number of alkyl halides is 10. The summed E-state index contributed by atoms with van der Waals surface area (Å²) in [6.07, 6.45) is -25.5. The molecule has 0 spiro atoms. The van der Waals surface area contributed by atoms with Gasteiger partial charge in [-0.3, -0.25) is 4.74 Å². The van der Waals surface area contributed by atoms with Crippen LogP contribution in [0.2, 0.25) is 0 Å². The molecule has 0 amide bonds. The molecule has 0 aromatic rings. The molecule has 0 aliphatic rings. The van der Waals surface area contributed by atoms with E-state index >= 15 is 0 Å². The predicted octanol–water partition coefficient (Wildman–Crippen LogP) is 3.33. The van der Waals surface area contributed by atoms with Gasteiger partial charge in [-0.2, -0.15) is 30.7 Å². The minimum atomic E-state index is -6.29. The van der Waals surface area contributed by atoms with E-state index in [4.69, 9.17) is 0 Å². The fraction of sp³-hybridized carbons (Fsp3) is 1.00. The summed E-state index contributed by atoms with van der Waals surface area (Å²) in [5.41, 5.74) is 0. The highest BCUT2D eigenvalue weighted by atomic mass is 19.4. The van der Waals surface area contributed by atoms with Crippen LogP contribution in [0.25, 0.3) is 0 Å². The van der Waals surface area contributed by atoms with Gasteiger partial charge in [-0.15, -0.1) is 0 Å². The summed E-state index contributed by atoms with van der Waals surface area (Å²) in [6.45, 7) is -2.23. The summed E-state index contributed by atoms with van der Waals surface area (Å²) in [5.74, 6) is 0. The molecule has 0 fully saturated rings. The van der Waals surface area contributed by atoms with Crippen LogP contribution in [0.3, 0.4) is 0 Å². The lowest BCUT2D eigenvalue weighted by Crippen LogP contribution is -2.43. The van der Waals surface area contributed by atoms with Crippen molar-refractivity contribution in [3.8, 4) is 0 Å². The van der Waals surface area contributed by atoms with Crippen LogP contribution in [0.4, 0.5) is 43.9 Å². The number of hydrogen-bond donors (Lipinski definition) is 0. The Balaban J connectivity index is 4.34. The second-order valence-electron chi connectivity index (χ2n) is 2.72. The molecule has 0 saturated heterocycles. The van der Waals surface area contributed by atoms with E-state index in [1.165, 1.54) is 0 Å². The van der Waals surface area contributed by atoms with Gasteiger partial charge in [0.25, 0.3) is 0 Å². The Morgan fingerprint density at radius 1 is 0.833 bits per heavy atom.